The van der Waals surface area contributed by atoms with Gasteiger partial charge in [-0.2, -0.15) is 11.8 Å². The van der Waals surface area contributed by atoms with Crippen molar-refractivity contribution in [2.45, 2.75) is 19.0 Å². The van der Waals surface area contributed by atoms with Crippen LogP contribution in [0, 0.1) is 0 Å². The molecule has 2 heterocycles. The van der Waals surface area contributed by atoms with Gasteiger partial charge in [0, 0.05) is 0 Å². The van der Waals surface area contributed by atoms with E-state index in [1.165, 1.54) is 6.26 Å². The number of hydrogen-bond acceptors (Lipinski definition) is 5. The summed E-state index contributed by atoms with van der Waals surface area (Å²) in [4.78, 5) is 20.4. The normalized spacial score (nSPS) is 11.5. The van der Waals surface area contributed by atoms with Gasteiger partial charge in [-0.1, -0.05) is 12.1 Å². The van der Waals surface area contributed by atoms with Crippen molar-refractivity contribution in [2.24, 2.45) is 5.73 Å². The summed E-state index contributed by atoms with van der Waals surface area (Å²) in [6, 6.07) is 9.31. The molecule has 0 fully saturated rings. The number of nitrogens with two attached hydrogens (primary N) is 1. The molecule has 26 heavy (non-hydrogen) atoms. The molecule has 9 heteroatoms. The number of halogens is 2. The molecule has 0 aliphatic heterocycles. The largest absolute Gasteiger partial charge is 0.467 e. The molecule has 3 rings (SSSR count). The fraction of sp³-hybridized carbons (Fsp3) is 0.294. The maximum Gasteiger partial charge on any atom is 0.255 e. The van der Waals surface area contributed by atoms with E-state index in [0.717, 1.165) is 29.0 Å². The van der Waals surface area contributed by atoms with Gasteiger partial charge in [0.2, 0.25) is 0 Å². The molecule has 2 aromatic heterocycles. The summed E-state index contributed by atoms with van der Waals surface area (Å²) in [5.74, 6) is 2.08. The third-order valence-corrected chi connectivity index (χ3v) is 4.41. The smallest absolute Gasteiger partial charge is 0.255 e. The summed E-state index contributed by atoms with van der Waals surface area (Å²) in [5, 5.41) is 3.04. The Hall–Kier alpha value is -1.67. The van der Waals surface area contributed by atoms with Crippen LogP contribution in [0.1, 0.15) is 34.4 Å². The standard InChI is InChI=1S/C17H20N4O2S.2ClH/c1-24-7-6-15(16-19-13-4-2-3-5-14(13)20-16)21-17(22)11-8-12(9-18)23-10-11;;/h2-5,8,10,15H,6-7,9,18H2,1H3,(H,19,20)(H,21,22);2*1H. The van der Waals surface area contributed by atoms with Crippen LogP contribution in [0.4, 0.5) is 0 Å². The highest BCUT2D eigenvalue weighted by Gasteiger charge is 2.20. The second kappa shape index (κ2) is 10.5. The number of hydrogen-bond donors (Lipinski definition) is 3. The molecule has 142 valence electrons. The van der Waals surface area contributed by atoms with Gasteiger partial charge in [0.25, 0.3) is 5.91 Å². The van der Waals surface area contributed by atoms with Crippen molar-refractivity contribution in [3.05, 3.63) is 53.7 Å². The van der Waals surface area contributed by atoms with Crippen LogP contribution in [0.3, 0.4) is 0 Å². The fourth-order valence-corrected chi connectivity index (χ4v) is 2.97. The topological polar surface area (TPSA) is 96.9 Å². The molecule has 0 saturated heterocycles. The number of amides is 1. The maximum atomic E-state index is 12.5. The molecule has 0 radical (unpaired) electrons. The first-order valence-corrected chi connectivity index (χ1v) is 9.12. The van der Waals surface area contributed by atoms with Crippen LogP contribution >= 0.6 is 36.6 Å². The number of aromatic nitrogens is 2. The maximum absolute atomic E-state index is 12.5. The third-order valence-electron chi connectivity index (χ3n) is 3.77. The Morgan fingerprint density at radius 2 is 2.15 bits per heavy atom. The predicted octanol–water partition coefficient (Wildman–Crippen LogP) is 3.68. The van der Waals surface area contributed by atoms with Gasteiger partial charge in [-0.25, -0.2) is 4.98 Å². The summed E-state index contributed by atoms with van der Waals surface area (Å²) >= 11 is 1.73. The molecule has 1 unspecified atom stereocenters. The number of fused-ring (bicyclic) bond motifs is 1. The summed E-state index contributed by atoms with van der Waals surface area (Å²) < 4.78 is 5.24. The Morgan fingerprint density at radius 1 is 1.38 bits per heavy atom. The summed E-state index contributed by atoms with van der Waals surface area (Å²) in [6.07, 6.45) is 4.26. The average Bonchev–Trinajstić information content (AvgIpc) is 3.24. The molecule has 0 aliphatic carbocycles. The minimum Gasteiger partial charge on any atom is -0.467 e. The number of carbonyl (C=O) groups is 1. The average molecular weight is 417 g/mol. The lowest BCUT2D eigenvalue weighted by molar-refractivity contribution is 0.0933. The predicted molar refractivity (Wildman–Crippen MR) is 110 cm³/mol. The molecule has 6 nitrogen and oxygen atoms in total. The number of imidazole rings is 1. The van der Waals surface area contributed by atoms with E-state index in [1.807, 2.05) is 30.5 Å². The van der Waals surface area contributed by atoms with Crippen molar-refractivity contribution in [1.82, 2.24) is 15.3 Å². The first kappa shape index (κ1) is 22.4. The number of carbonyl (C=O) groups excluding carboxylic acids is 1. The van der Waals surface area contributed by atoms with E-state index in [2.05, 4.69) is 15.3 Å². The summed E-state index contributed by atoms with van der Waals surface area (Å²) in [6.45, 7) is 0.271. The minimum atomic E-state index is -0.190. The summed E-state index contributed by atoms with van der Waals surface area (Å²) in [5.41, 5.74) is 7.85. The van der Waals surface area contributed by atoms with E-state index >= 15 is 0 Å². The van der Waals surface area contributed by atoms with E-state index < -0.39 is 0 Å². The molecule has 0 saturated carbocycles. The third kappa shape index (κ3) is 5.17. The van der Waals surface area contributed by atoms with E-state index in [0.29, 0.717) is 11.3 Å². The van der Waals surface area contributed by atoms with Crippen molar-refractivity contribution in [3.63, 3.8) is 0 Å². The second-order valence-electron chi connectivity index (χ2n) is 5.45. The van der Waals surface area contributed by atoms with Crippen molar-refractivity contribution in [2.75, 3.05) is 12.0 Å². The zero-order valence-corrected chi connectivity index (χ0v) is 16.7. The SMILES string of the molecule is CSCCC(NC(=O)c1coc(CN)c1)c1nc2ccccc2[nH]1.Cl.Cl. The number of rotatable bonds is 7. The van der Waals surface area contributed by atoms with Gasteiger partial charge in [0.15, 0.2) is 0 Å². The lowest BCUT2D eigenvalue weighted by Gasteiger charge is -2.15. The zero-order chi connectivity index (χ0) is 16.9. The Bertz CT molecular complexity index is 804. The molecule has 0 aliphatic rings. The first-order valence-electron chi connectivity index (χ1n) is 7.73. The lowest BCUT2D eigenvalue weighted by Crippen LogP contribution is -2.29. The highest BCUT2D eigenvalue weighted by Crippen LogP contribution is 2.21. The molecule has 0 spiro atoms. The second-order valence-corrected chi connectivity index (χ2v) is 6.44. The first-order chi connectivity index (χ1) is 11.7. The Labute approximate surface area is 168 Å². The number of nitrogens with zero attached hydrogens (tertiary/aromatic N) is 1. The Morgan fingerprint density at radius 3 is 2.81 bits per heavy atom. The van der Waals surface area contributed by atoms with Gasteiger partial charge in [-0.15, -0.1) is 24.8 Å². The molecular formula is C17H22Cl2N4O2S. The molecular weight excluding hydrogens is 395 g/mol. The summed E-state index contributed by atoms with van der Waals surface area (Å²) in [7, 11) is 0. The number of thioether (sulfide) groups is 1. The molecule has 1 amide bonds. The molecule has 3 aromatic rings. The fourth-order valence-electron chi connectivity index (χ4n) is 2.50. The molecule has 4 N–H and O–H groups in total. The quantitative estimate of drug-likeness (QED) is 0.545. The zero-order valence-electron chi connectivity index (χ0n) is 14.2. The lowest BCUT2D eigenvalue weighted by atomic mass is 10.2. The van der Waals surface area contributed by atoms with Gasteiger partial charge in [-0.05, 0) is 36.6 Å². The van der Waals surface area contributed by atoms with Gasteiger partial charge in [0.05, 0.1) is 29.2 Å². The van der Waals surface area contributed by atoms with E-state index in [4.69, 9.17) is 10.2 Å². The number of furan rings is 1. The highest BCUT2D eigenvalue weighted by molar-refractivity contribution is 7.98. The number of nitrogens with one attached hydrogen (secondary N) is 2. The minimum absolute atomic E-state index is 0. The Kier molecular flexibility index (Phi) is 9.01. The van der Waals surface area contributed by atoms with Crippen LogP contribution in [-0.4, -0.2) is 27.9 Å². The van der Waals surface area contributed by atoms with Crippen LogP contribution in [0.2, 0.25) is 0 Å². The van der Waals surface area contributed by atoms with Gasteiger partial charge in [-0.3, -0.25) is 4.79 Å². The van der Waals surface area contributed by atoms with Crippen molar-refractivity contribution >= 4 is 53.5 Å². The van der Waals surface area contributed by atoms with Gasteiger partial charge < -0.3 is 20.5 Å². The van der Waals surface area contributed by atoms with E-state index in [1.54, 1.807) is 17.8 Å². The molecule has 1 aromatic carbocycles. The van der Waals surface area contributed by atoms with Gasteiger partial charge in [0.1, 0.15) is 17.8 Å². The molecule has 1 atom stereocenters. The monoisotopic (exact) mass is 416 g/mol. The van der Waals surface area contributed by atoms with Crippen LogP contribution in [0.25, 0.3) is 11.0 Å². The van der Waals surface area contributed by atoms with Crippen LogP contribution in [0.5, 0.6) is 0 Å². The van der Waals surface area contributed by atoms with Crippen molar-refractivity contribution < 1.29 is 9.21 Å². The van der Waals surface area contributed by atoms with E-state index in [-0.39, 0.29) is 43.3 Å². The van der Waals surface area contributed by atoms with Crippen LogP contribution in [-0.2, 0) is 6.54 Å². The van der Waals surface area contributed by atoms with Crippen molar-refractivity contribution in [1.29, 1.82) is 0 Å². The van der Waals surface area contributed by atoms with E-state index in [9.17, 15) is 4.79 Å². The number of para-hydroxylation sites is 2. The Balaban J connectivity index is 0.00000169. The van der Waals surface area contributed by atoms with Crippen molar-refractivity contribution in [3.8, 4) is 0 Å². The number of benzene rings is 1. The molecule has 0 bridgehead atoms. The van der Waals surface area contributed by atoms with Crippen LogP contribution < -0.4 is 11.1 Å². The van der Waals surface area contributed by atoms with Gasteiger partial charge >= 0.3 is 0 Å². The number of aromatic amines is 1. The highest BCUT2D eigenvalue weighted by atomic mass is 35.5. The number of H-pyrrole nitrogens is 1. The van der Waals surface area contributed by atoms with Crippen LogP contribution in [0.15, 0.2) is 41.0 Å².